The Bertz CT molecular complexity index is 406. The van der Waals surface area contributed by atoms with Crippen LogP contribution >= 0.6 is 0 Å². The van der Waals surface area contributed by atoms with Crippen LogP contribution in [0.25, 0.3) is 10.9 Å². The maximum Gasteiger partial charge on any atom is 0.264 e. The zero-order valence-corrected chi connectivity index (χ0v) is 7.60. The number of pyridine rings is 1. The zero-order chi connectivity index (χ0) is 9.10. The molecule has 0 aliphatic carbocycles. The molecule has 0 aliphatic rings. The molecule has 2 heteroatoms. The van der Waals surface area contributed by atoms with Crippen LogP contribution in [-0.2, 0) is 0 Å². The number of nitrogens with zero attached hydrogens (tertiary/aromatic N) is 1. The Hall–Kier alpha value is -1.57. The van der Waals surface area contributed by atoms with Crippen molar-refractivity contribution in [2.45, 2.75) is 6.92 Å². The molecular weight excluding hydrogens is 162 g/mol. The van der Waals surface area contributed by atoms with Crippen molar-refractivity contribution in [2.24, 2.45) is 0 Å². The third-order valence-electron chi connectivity index (χ3n) is 1.94. The highest BCUT2D eigenvalue weighted by atomic mass is 16.7. The highest BCUT2D eigenvalue weighted by molar-refractivity contribution is 5.74. The predicted molar refractivity (Wildman–Crippen MR) is 51.3 cm³/mol. The molecule has 0 saturated carbocycles. The van der Waals surface area contributed by atoms with E-state index in [4.69, 9.17) is 4.84 Å². The van der Waals surface area contributed by atoms with Gasteiger partial charge in [-0.1, -0.05) is 12.1 Å². The summed E-state index contributed by atoms with van der Waals surface area (Å²) in [5.74, 6) is 0. The van der Waals surface area contributed by atoms with Crippen molar-refractivity contribution >= 4 is 10.9 Å². The second-order valence-electron chi connectivity index (χ2n) is 2.81. The number of fused-ring (bicyclic) bond motifs is 1. The molecule has 0 saturated heterocycles. The molecule has 0 radical (unpaired) electrons. The lowest BCUT2D eigenvalue weighted by Crippen LogP contribution is -2.42. The Labute approximate surface area is 77.3 Å². The van der Waals surface area contributed by atoms with E-state index in [1.807, 2.05) is 37.4 Å². The minimum Gasteiger partial charge on any atom is -0.271 e. The van der Waals surface area contributed by atoms with Gasteiger partial charge in [-0.05, 0) is 19.1 Å². The molecule has 0 N–H and O–H groups in total. The maximum absolute atomic E-state index is 5.44. The van der Waals surface area contributed by atoms with Crippen LogP contribution in [0.2, 0.25) is 0 Å². The first-order valence-electron chi connectivity index (χ1n) is 4.44. The van der Waals surface area contributed by atoms with E-state index >= 15 is 0 Å². The first-order chi connectivity index (χ1) is 6.42. The Morgan fingerprint density at radius 3 is 2.77 bits per heavy atom. The zero-order valence-electron chi connectivity index (χ0n) is 7.60. The molecule has 0 unspecified atom stereocenters. The fourth-order valence-corrected chi connectivity index (χ4v) is 1.39. The van der Waals surface area contributed by atoms with E-state index in [0.29, 0.717) is 6.61 Å². The molecule has 0 aliphatic heterocycles. The van der Waals surface area contributed by atoms with Crippen LogP contribution in [0.15, 0.2) is 42.6 Å². The fourth-order valence-electron chi connectivity index (χ4n) is 1.39. The van der Waals surface area contributed by atoms with E-state index < -0.39 is 0 Å². The minimum atomic E-state index is 0.679. The highest BCUT2D eigenvalue weighted by Crippen LogP contribution is 2.06. The van der Waals surface area contributed by atoms with Crippen molar-refractivity contribution < 1.29 is 9.57 Å². The summed E-state index contributed by atoms with van der Waals surface area (Å²) < 4.78 is 1.80. The summed E-state index contributed by atoms with van der Waals surface area (Å²) in [7, 11) is 0. The average Bonchev–Trinajstić information content (AvgIpc) is 2.19. The quantitative estimate of drug-likeness (QED) is 0.630. The molecule has 0 spiro atoms. The van der Waals surface area contributed by atoms with Crippen LogP contribution in [0.3, 0.4) is 0 Å². The summed E-state index contributed by atoms with van der Waals surface area (Å²) in [5, 5.41) is 1.19. The van der Waals surface area contributed by atoms with E-state index in [9.17, 15) is 0 Å². The van der Waals surface area contributed by atoms with Gasteiger partial charge in [0.1, 0.15) is 0 Å². The standard InChI is InChI=1S/C11H12NO/c1-2-13-12-9-5-7-10-6-3-4-8-11(10)12/h3-9H,2H2,1H3/q+1. The molecule has 0 atom stereocenters. The summed E-state index contributed by atoms with van der Waals surface area (Å²) in [4.78, 5) is 5.44. The fraction of sp³-hybridized carbons (Fsp3) is 0.182. The Morgan fingerprint density at radius 2 is 1.92 bits per heavy atom. The minimum absolute atomic E-state index is 0.679. The lowest BCUT2D eigenvalue weighted by molar-refractivity contribution is -0.870. The molecule has 66 valence electrons. The van der Waals surface area contributed by atoms with Crippen LogP contribution in [0.4, 0.5) is 0 Å². The van der Waals surface area contributed by atoms with Gasteiger partial charge in [-0.2, -0.15) is 0 Å². The van der Waals surface area contributed by atoms with Crippen molar-refractivity contribution in [3.8, 4) is 0 Å². The van der Waals surface area contributed by atoms with Crippen LogP contribution < -0.4 is 9.57 Å². The number of hydrogen-bond donors (Lipinski definition) is 0. The summed E-state index contributed by atoms with van der Waals surface area (Å²) in [5.41, 5.74) is 1.10. The van der Waals surface area contributed by atoms with Crippen molar-refractivity contribution in [2.75, 3.05) is 6.61 Å². The third kappa shape index (κ3) is 1.47. The number of aromatic nitrogens is 1. The van der Waals surface area contributed by atoms with Crippen LogP contribution in [0.1, 0.15) is 6.92 Å². The molecule has 1 aromatic carbocycles. The summed E-state index contributed by atoms with van der Waals surface area (Å²) >= 11 is 0. The van der Waals surface area contributed by atoms with Crippen molar-refractivity contribution in [1.82, 2.24) is 0 Å². The molecule has 1 heterocycles. The summed E-state index contributed by atoms with van der Waals surface area (Å²) in [6.45, 7) is 2.66. The van der Waals surface area contributed by atoms with Gasteiger partial charge in [0, 0.05) is 16.9 Å². The lowest BCUT2D eigenvalue weighted by atomic mass is 10.2. The molecule has 0 fully saturated rings. The van der Waals surface area contributed by atoms with Gasteiger partial charge in [0.05, 0.1) is 5.39 Å². The Balaban J connectivity index is 2.61. The van der Waals surface area contributed by atoms with Crippen molar-refractivity contribution in [3.05, 3.63) is 42.6 Å². The van der Waals surface area contributed by atoms with Gasteiger partial charge in [0.2, 0.25) is 6.20 Å². The van der Waals surface area contributed by atoms with Gasteiger partial charge in [0.15, 0.2) is 6.61 Å². The van der Waals surface area contributed by atoms with E-state index in [1.54, 1.807) is 4.73 Å². The number of benzene rings is 1. The Kier molecular flexibility index (Phi) is 2.13. The SMILES string of the molecule is CCO[n+]1cccc2ccccc21. The van der Waals surface area contributed by atoms with Crippen LogP contribution in [0, 0.1) is 0 Å². The van der Waals surface area contributed by atoms with Gasteiger partial charge in [-0.15, -0.1) is 0 Å². The molecule has 0 amide bonds. The third-order valence-corrected chi connectivity index (χ3v) is 1.94. The topological polar surface area (TPSA) is 13.1 Å². The van der Waals surface area contributed by atoms with Crippen LogP contribution in [-0.4, -0.2) is 6.61 Å². The lowest BCUT2D eigenvalue weighted by Gasteiger charge is -1.97. The monoisotopic (exact) mass is 174 g/mol. The smallest absolute Gasteiger partial charge is 0.264 e. The van der Waals surface area contributed by atoms with Crippen molar-refractivity contribution in [3.63, 3.8) is 0 Å². The normalized spacial score (nSPS) is 10.2. The summed E-state index contributed by atoms with van der Waals surface area (Å²) in [6.07, 6.45) is 1.92. The van der Waals surface area contributed by atoms with Crippen molar-refractivity contribution in [1.29, 1.82) is 0 Å². The molecular formula is C11H12NO+. The van der Waals surface area contributed by atoms with E-state index in [2.05, 4.69) is 12.1 Å². The molecule has 0 bridgehead atoms. The number of para-hydroxylation sites is 1. The molecule has 1 aromatic heterocycles. The van der Waals surface area contributed by atoms with Gasteiger partial charge >= 0.3 is 0 Å². The van der Waals surface area contributed by atoms with E-state index in [-0.39, 0.29) is 0 Å². The predicted octanol–water partition coefficient (Wildman–Crippen LogP) is 1.58. The second kappa shape index (κ2) is 3.44. The first-order valence-corrected chi connectivity index (χ1v) is 4.44. The number of rotatable bonds is 2. The largest absolute Gasteiger partial charge is 0.271 e. The molecule has 2 nitrogen and oxygen atoms in total. The molecule has 13 heavy (non-hydrogen) atoms. The second-order valence-corrected chi connectivity index (χ2v) is 2.81. The molecule has 2 rings (SSSR count). The average molecular weight is 174 g/mol. The Morgan fingerprint density at radius 1 is 1.15 bits per heavy atom. The molecule has 2 aromatic rings. The van der Waals surface area contributed by atoms with E-state index in [0.717, 1.165) is 5.52 Å². The van der Waals surface area contributed by atoms with Crippen LogP contribution in [0.5, 0.6) is 0 Å². The van der Waals surface area contributed by atoms with Gasteiger partial charge in [-0.3, -0.25) is 4.84 Å². The first kappa shape index (κ1) is 8.05. The van der Waals surface area contributed by atoms with Gasteiger partial charge in [0.25, 0.3) is 5.52 Å². The maximum atomic E-state index is 5.44. The van der Waals surface area contributed by atoms with E-state index in [1.165, 1.54) is 5.39 Å². The van der Waals surface area contributed by atoms with Gasteiger partial charge in [-0.25, -0.2) is 0 Å². The summed E-state index contributed by atoms with van der Waals surface area (Å²) in [6, 6.07) is 12.2. The van der Waals surface area contributed by atoms with Gasteiger partial charge < -0.3 is 0 Å². The highest BCUT2D eigenvalue weighted by Gasteiger charge is 2.06. The number of hydrogen-bond acceptors (Lipinski definition) is 1.